The van der Waals surface area contributed by atoms with E-state index in [4.69, 9.17) is 9.47 Å². The zero-order valence-electron chi connectivity index (χ0n) is 13.4. The molecule has 6 nitrogen and oxygen atoms in total. The van der Waals surface area contributed by atoms with Gasteiger partial charge in [-0.25, -0.2) is 0 Å². The van der Waals surface area contributed by atoms with E-state index in [0.29, 0.717) is 29.7 Å². The molecule has 1 N–H and O–H groups in total. The zero-order valence-corrected chi connectivity index (χ0v) is 13.4. The molecular weight excluding hydrogens is 268 g/mol. The summed E-state index contributed by atoms with van der Waals surface area (Å²) in [7, 11) is 3.22. The Hall–Kier alpha value is -1.56. The normalized spacial score (nSPS) is 20.2. The number of anilines is 1. The van der Waals surface area contributed by atoms with E-state index in [0.717, 1.165) is 26.1 Å². The van der Waals surface area contributed by atoms with Gasteiger partial charge in [0, 0.05) is 19.1 Å². The molecule has 1 fully saturated rings. The fraction of sp³-hybridized carbons (Fsp3) is 0.733. The summed E-state index contributed by atoms with van der Waals surface area (Å²) in [6.45, 7) is 7.34. The molecule has 2 heterocycles. The molecule has 2 rings (SSSR count). The summed E-state index contributed by atoms with van der Waals surface area (Å²) in [4.78, 5) is 11.1. The zero-order chi connectivity index (χ0) is 15.2. The lowest BCUT2D eigenvalue weighted by Gasteiger charge is -2.36. The Morgan fingerprint density at radius 1 is 1.33 bits per heavy atom. The minimum atomic E-state index is 0.505. The molecule has 0 radical (unpaired) electrons. The fourth-order valence-electron chi connectivity index (χ4n) is 2.83. The Labute approximate surface area is 126 Å². The molecule has 0 aliphatic carbocycles. The van der Waals surface area contributed by atoms with Crippen LogP contribution in [-0.2, 0) is 0 Å². The molecule has 2 unspecified atom stereocenters. The van der Waals surface area contributed by atoms with Gasteiger partial charge in [0.2, 0.25) is 17.7 Å². The first-order valence-corrected chi connectivity index (χ1v) is 7.63. The van der Waals surface area contributed by atoms with Crippen molar-refractivity contribution in [1.82, 2.24) is 15.3 Å². The van der Waals surface area contributed by atoms with Gasteiger partial charge in [-0.15, -0.1) is 0 Å². The summed E-state index contributed by atoms with van der Waals surface area (Å²) >= 11 is 0. The molecule has 0 amide bonds. The average Bonchev–Trinajstić information content (AvgIpc) is 2.54. The molecule has 0 aromatic carbocycles. The van der Waals surface area contributed by atoms with E-state index in [9.17, 15) is 0 Å². The SMILES string of the molecule is CCNC(C)C1CCCN(c2nc(OC)cc(OC)n2)C1. The monoisotopic (exact) mass is 294 g/mol. The Kier molecular flexibility index (Phi) is 5.61. The highest BCUT2D eigenvalue weighted by Crippen LogP contribution is 2.26. The van der Waals surface area contributed by atoms with Gasteiger partial charge in [0.15, 0.2) is 0 Å². The molecule has 1 aromatic heterocycles. The van der Waals surface area contributed by atoms with Crippen molar-refractivity contribution in [3.05, 3.63) is 6.07 Å². The maximum atomic E-state index is 5.23. The first kappa shape index (κ1) is 15.8. The van der Waals surface area contributed by atoms with Crippen LogP contribution in [0.15, 0.2) is 6.07 Å². The van der Waals surface area contributed by atoms with Crippen molar-refractivity contribution < 1.29 is 9.47 Å². The molecule has 0 saturated carbocycles. The molecule has 118 valence electrons. The molecule has 1 saturated heterocycles. The van der Waals surface area contributed by atoms with Crippen LogP contribution in [0, 0.1) is 5.92 Å². The number of hydrogen-bond donors (Lipinski definition) is 1. The Morgan fingerprint density at radius 3 is 2.57 bits per heavy atom. The van der Waals surface area contributed by atoms with Gasteiger partial charge in [-0.3, -0.25) is 0 Å². The van der Waals surface area contributed by atoms with Gasteiger partial charge in [-0.2, -0.15) is 9.97 Å². The van der Waals surface area contributed by atoms with Crippen molar-refractivity contribution in [3.63, 3.8) is 0 Å². The first-order chi connectivity index (χ1) is 10.2. The lowest BCUT2D eigenvalue weighted by atomic mass is 9.92. The van der Waals surface area contributed by atoms with Gasteiger partial charge >= 0.3 is 0 Å². The molecule has 21 heavy (non-hydrogen) atoms. The molecular formula is C15H26N4O2. The molecule has 0 spiro atoms. The maximum absolute atomic E-state index is 5.23. The van der Waals surface area contributed by atoms with Crippen molar-refractivity contribution in [3.8, 4) is 11.8 Å². The van der Waals surface area contributed by atoms with Crippen molar-refractivity contribution in [2.45, 2.75) is 32.7 Å². The Bertz CT molecular complexity index is 433. The van der Waals surface area contributed by atoms with E-state index < -0.39 is 0 Å². The molecule has 6 heteroatoms. The van der Waals surface area contributed by atoms with Crippen molar-refractivity contribution >= 4 is 5.95 Å². The van der Waals surface area contributed by atoms with Crippen LogP contribution in [0.3, 0.4) is 0 Å². The summed E-state index contributed by atoms with van der Waals surface area (Å²) in [5.41, 5.74) is 0. The van der Waals surface area contributed by atoms with Crippen LogP contribution in [0.2, 0.25) is 0 Å². The van der Waals surface area contributed by atoms with Gasteiger partial charge in [0.1, 0.15) is 0 Å². The lowest BCUT2D eigenvalue weighted by Crippen LogP contribution is -2.45. The predicted octanol–water partition coefficient (Wildman–Crippen LogP) is 1.71. The van der Waals surface area contributed by atoms with Crippen LogP contribution < -0.4 is 19.7 Å². The predicted molar refractivity (Wildman–Crippen MR) is 83.2 cm³/mol. The second kappa shape index (κ2) is 7.45. The number of nitrogens with one attached hydrogen (secondary N) is 1. The van der Waals surface area contributed by atoms with Crippen molar-refractivity contribution in [1.29, 1.82) is 0 Å². The summed E-state index contributed by atoms with van der Waals surface area (Å²) in [5.74, 6) is 2.39. The van der Waals surface area contributed by atoms with Crippen LogP contribution in [-0.4, -0.2) is 49.9 Å². The third-order valence-electron chi connectivity index (χ3n) is 4.06. The van der Waals surface area contributed by atoms with Gasteiger partial charge in [0.25, 0.3) is 0 Å². The van der Waals surface area contributed by atoms with Gasteiger partial charge in [0.05, 0.1) is 20.3 Å². The van der Waals surface area contributed by atoms with E-state index in [1.54, 1.807) is 20.3 Å². The van der Waals surface area contributed by atoms with E-state index in [2.05, 4.69) is 34.0 Å². The van der Waals surface area contributed by atoms with Crippen molar-refractivity contribution in [2.24, 2.45) is 5.92 Å². The van der Waals surface area contributed by atoms with Gasteiger partial charge < -0.3 is 19.7 Å². The maximum Gasteiger partial charge on any atom is 0.231 e. The summed E-state index contributed by atoms with van der Waals surface area (Å²) < 4.78 is 10.5. The van der Waals surface area contributed by atoms with Crippen molar-refractivity contribution in [2.75, 3.05) is 38.8 Å². The summed E-state index contributed by atoms with van der Waals surface area (Å²) in [5, 5.41) is 3.52. The minimum Gasteiger partial charge on any atom is -0.481 e. The average molecular weight is 294 g/mol. The molecule has 2 atom stereocenters. The van der Waals surface area contributed by atoms with Gasteiger partial charge in [-0.1, -0.05) is 6.92 Å². The van der Waals surface area contributed by atoms with E-state index >= 15 is 0 Å². The van der Waals surface area contributed by atoms with Crippen LogP contribution >= 0.6 is 0 Å². The van der Waals surface area contributed by atoms with Crippen LogP contribution in [0.4, 0.5) is 5.95 Å². The van der Waals surface area contributed by atoms with E-state index in [-0.39, 0.29) is 0 Å². The van der Waals surface area contributed by atoms with Gasteiger partial charge in [-0.05, 0) is 32.2 Å². The smallest absolute Gasteiger partial charge is 0.231 e. The second-order valence-corrected chi connectivity index (χ2v) is 5.45. The summed E-state index contributed by atoms with van der Waals surface area (Å²) in [6.07, 6.45) is 2.40. The third kappa shape index (κ3) is 3.97. The fourth-order valence-corrected chi connectivity index (χ4v) is 2.83. The van der Waals surface area contributed by atoms with E-state index in [1.807, 2.05) is 0 Å². The van der Waals surface area contributed by atoms with Crippen LogP contribution in [0.5, 0.6) is 11.8 Å². The highest BCUT2D eigenvalue weighted by atomic mass is 16.5. The number of ether oxygens (including phenoxy) is 2. The standard InChI is InChI=1S/C15H26N4O2/c1-5-16-11(2)12-7-6-8-19(10-12)15-17-13(20-3)9-14(18-15)21-4/h9,11-12,16H,5-8,10H2,1-4H3. The number of aromatic nitrogens is 2. The largest absolute Gasteiger partial charge is 0.481 e. The highest BCUT2D eigenvalue weighted by molar-refractivity contribution is 5.37. The molecule has 1 aromatic rings. The number of piperidine rings is 1. The van der Waals surface area contributed by atoms with Crippen LogP contribution in [0.1, 0.15) is 26.7 Å². The number of rotatable bonds is 6. The summed E-state index contributed by atoms with van der Waals surface area (Å²) in [6, 6.07) is 2.21. The Balaban J connectivity index is 2.13. The topological polar surface area (TPSA) is 59.5 Å². The highest BCUT2D eigenvalue weighted by Gasteiger charge is 2.26. The number of methoxy groups -OCH3 is 2. The quantitative estimate of drug-likeness (QED) is 0.862. The molecule has 0 bridgehead atoms. The number of nitrogens with zero attached hydrogens (tertiary/aromatic N) is 3. The minimum absolute atomic E-state index is 0.505. The number of hydrogen-bond acceptors (Lipinski definition) is 6. The second-order valence-electron chi connectivity index (χ2n) is 5.45. The Morgan fingerprint density at radius 2 is 2.00 bits per heavy atom. The van der Waals surface area contributed by atoms with Crippen LogP contribution in [0.25, 0.3) is 0 Å². The first-order valence-electron chi connectivity index (χ1n) is 7.63. The molecule has 1 aliphatic heterocycles. The molecule has 1 aliphatic rings. The third-order valence-corrected chi connectivity index (χ3v) is 4.06. The lowest BCUT2D eigenvalue weighted by molar-refractivity contribution is 0.319. The van der Waals surface area contributed by atoms with E-state index in [1.165, 1.54) is 6.42 Å².